The van der Waals surface area contributed by atoms with Gasteiger partial charge in [-0.25, -0.2) is 4.31 Å². The third kappa shape index (κ3) is 13.2. The van der Waals surface area contributed by atoms with Crippen molar-refractivity contribution in [1.29, 1.82) is 0 Å². The Balaban J connectivity index is 0.000000318. The summed E-state index contributed by atoms with van der Waals surface area (Å²) in [6.07, 6.45) is 0. The van der Waals surface area contributed by atoms with E-state index < -0.39 is 0 Å². The predicted molar refractivity (Wildman–Crippen MR) is 144 cm³/mol. The Hall–Kier alpha value is -1.78. The summed E-state index contributed by atoms with van der Waals surface area (Å²) in [5, 5.41) is 11.4. The third-order valence-corrected chi connectivity index (χ3v) is 6.86. The van der Waals surface area contributed by atoms with E-state index in [4.69, 9.17) is 4.74 Å². The normalized spacial score (nSPS) is 16.1. The first-order valence-electron chi connectivity index (χ1n) is 11.9. The molecule has 3 heterocycles. The molecule has 0 unspecified atom stereocenters. The zero-order chi connectivity index (χ0) is 25.2. The van der Waals surface area contributed by atoms with E-state index in [2.05, 4.69) is 43.4 Å². The predicted octanol–water partition coefficient (Wildman–Crippen LogP) is 4.83. The number of phenolic OH excluding ortho intramolecular Hbond substituents is 1. The highest BCUT2D eigenvalue weighted by atomic mass is 32.2. The average Bonchev–Trinajstić information content (AvgIpc) is 3.36. The van der Waals surface area contributed by atoms with Gasteiger partial charge in [0.15, 0.2) is 0 Å². The molecule has 0 spiro atoms. The number of hydrogen-bond donors (Lipinski definition) is 1. The Bertz CT molecular complexity index is 746. The van der Waals surface area contributed by atoms with Gasteiger partial charge in [0.2, 0.25) is 0 Å². The molecule has 0 saturated carbocycles. The molecule has 1 N–H and O–H groups in total. The van der Waals surface area contributed by atoms with Gasteiger partial charge in [-0.3, -0.25) is 4.79 Å². The van der Waals surface area contributed by atoms with E-state index in [0.29, 0.717) is 12.4 Å². The molecule has 1 aromatic heterocycles. The molecule has 0 atom stereocenters. The molecule has 0 aliphatic carbocycles. The van der Waals surface area contributed by atoms with Crippen molar-refractivity contribution in [2.45, 2.75) is 31.9 Å². The number of nitrogens with zero attached hydrogens (tertiary/aromatic N) is 3. The molecule has 0 bridgehead atoms. The van der Waals surface area contributed by atoms with Crippen LogP contribution in [0.5, 0.6) is 5.75 Å². The fourth-order valence-electron chi connectivity index (χ4n) is 3.00. The average molecular weight is 512 g/mol. The van der Waals surface area contributed by atoms with Gasteiger partial charge in [-0.15, -0.1) is 11.3 Å². The first-order valence-corrected chi connectivity index (χ1v) is 13.5. The highest BCUT2D eigenvalue weighted by Crippen LogP contribution is 2.29. The quantitative estimate of drug-likeness (QED) is 0.463. The molecule has 2 aliphatic rings. The van der Waals surface area contributed by atoms with Crippen LogP contribution in [0.2, 0.25) is 0 Å². The molecule has 192 valence electrons. The van der Waals surface area contributed by atoms with Gasteiger partial charge in [-0.1, -0.05) is 19.9 Å². The highest BCUT2D eigenvalue weighted by Gasteiger charge is 2.18. The molecule has 0 radical (unpaired) electrons. The first kappa shape index (κ1) is 30.3. The maximum Gasteiger partial charge on any atom is 0.302 e. The number of morpholine rings is 1. The van der Waals surface area contributed by atoms with Gasteiger partial charge in [0.25, 0.3) is 0 Å². The second-order valence-electron chi connectivity index (χ2n) is 7.30. The molecule has 34 heavy (non-hydrogen) atoms. The van der Waals surface area contributed by atoms with Crippen molar-refractivity contribution in [3.05, 3.63) is 41.8 Å². The summed E-state index contributed by atoms with van der Waals surface area (Å²) >= 11 is 3.65. The van der Waals surface area contributed by atoms with Crippen LogP contribution in [0.3, 0.4) is 0 Å². The summed E-state index contributed by atoms with van der Waals surface area (Å²) in [6, 6.07) is 11.7. The number of ether oxygens (including phenoxy) is 2. The number of piperazine rings is 1. The van der Waals surface area contributed by atoms with Crippen molar-refractivity contribution < 1.29 is 19.4 Å². The topological polar surface area (TPSA) is 65.5 Å². The number of carbonyl (C=O) groups is 1. The lowest BCUT2D eigenvalue weighted by Gasteiger charge is -2.35. The van der Waals surface area contributed by atoms with Crippen molar-refractivity contribution in [3.8, 4) is 5.75 Å². The third-order valence-electron chi connectivity index (χ3n) is 4.75. The largest absolute Gasteiger partial charge is 0.508 e. The van der Waals surface area contributed by atoms with Crippen LogP contribution in [0.4, 0.5) is 5.69 Å². The maximum absolute atomic E-state index is 9.82. The molecule has 9 heteroatoms. The zero-order valence-corrected chi connectivity index (χ0v) is 22.9. The van der Waals surface area contributed by atoms with E-state index in [1.54, 1.807) is 30.4 Å². The van der Waals surface area contributed by atoms with E-state index in [0.717, 1.165) is 52.5 Å². The molecule has 2 aromatic rings. The van der Waals surface area contributed by atoms with Gasteiger partial charge >= 0.3 is 5.97 Å². The lowest BCUT2D eigenvalue weighted by atomic mass is 10.2. The van der Waals surface area contributed by atoms with E-state index >= 15 is 0 Å². The number of phenols is 1. The lowest BCUT2D eigenvalue weighted by Crippen LogP contribution is -2.43. The fraction of sp³-hybridized carbons (Fsp3) is 0.560. The Labute approximate surface area is 213 Å². The van der Waals surface area contributed by atoms with Gasteiger partial charge in [-0.2, -0.15) is 0 Å². The minimum absolute atomic E-state index is 0.211. The molecule has 7 nitrogen and oxygen atoms in total. The molecular weight excluding hydrogens is 470 g/mol. The highest BCUT2D eigenvalue weighted by molar-refractivity contribution is 7.98. The minimum atomic E-state index is -0.211. The van der Waals surface area contributed by atoms with Crippen LogP contribution in [0, 0.1) is 0 Å². The van der Waals surface area contributed by atoms with Crippen molar-refractivity contribution in [2.75, 3.05) is 71.0 Å². The molecule has 2 aliphatic heterocycles. The first-order chi connectivity index (χ1) is 16.5. The van der Waals surface area contributed by atoms with Gasteiger partial charge in [0.05, 0.1) is 24.0 Å². The van der Waals surface area contributed by atoms with Gasteiger partial charge < -0.3 is 24.4 Å². The van der Waals surface area contributed by atoms with E-state index in [1.165, 1.54) is 16.8 Å². The summed E-state index contributed by atoms with van der Waals surface area (Å²) in [5.74, 6) is 0.119. The monoisotopic (exact) mass is 511 g/mol. The van der Waals surface area contributed by atoms with Crippen LogP contribution in [0.1, 0.15) is 27.7 Å². The van der Waals surface area contributed by atoms with Crippen molar-refractivity contribution in [3.63, 3.8) is 0 Å². The van der Waals surface area contributed by atoms with Gasteiger partial charge in [0, 0.05) is 51.9 Å². The standard InChI is InChI=1S/C14H16N2OS2.C5H11NO.C4H8O2.C2H6/c17-13-5-3-12(4-6-13)15-7-9-16(10-8-15)19-14-2-1-11-18-14;1-6-2-4-7-5-3-6;1-3-6-4(2)5;1-2/h1-6,11,17H,7-10H2;2-5H2,1H3;3H2,1-2H3;1-2H3. The number of rotatable bonds is 4. The van der Waals surface area contributed by atoms with Crippen LogP contribution < -0.4 is 4.90 Å². The van der Waals surface area contributed by atoms with Crippen LogP contribution in [-0.2, 0) is 14.3 Å². The number of likely N-dealkylation sites (N-methyl/N-ethyl adjacent to an activating group) is 1. The molecular formula is C25H41N3O4S2. The summed E-state index contributed by atoms with van der Waals surface area (Å²) in [6.45, 7) is 15.9. The van der Waals surface area contributed by atoms with Crippen LogP contribution in [-0.4, -0.2) is 86.4 Å². The molecule has 0 amide bonds. The van der Waals surface area contributed by atoms with Crippen molar-refractivity contribution >= 4 is 34.9 Å². The summed E-state index contributed by atoms with van der Waals surface area (Å²) in [4.78, 5) is 14.5. The second-order valence-corrected chi connectivity index (χ2v) is 9.64. The van der Waals surface area contributed by atoms with Gasteiger partial charge in [0.1, 0.15) is 5.75 Å². The number of hydrogen-bond acceptors (Lipinski definition) is 9. The Morgan fingerprint density at radius 2 is 1.68 bits per heavy atom. The molecule has 2 saturated heterocycles. The Kier molecular flexibility index (Phi) is 16.5. The number of esters is 1. The fourth-order valence-corrected chi connectivity index (χ4v) is 4.84. The maximum atomic E-state index is 9.82. The van der Waals surface area contributed by atoms with E-state index in [1.807, 2.05) is 37.9 Å². The van der Waals surface area contributed by atoms with Gasteiger partial charge in [-0.05, 0) is 61.6 Å². The van der Waals surface area contributed by atoms with Crippen molar-refractivity contribution in [1.82, 2.24) is 9.21 Å². The molecule has 1 aromatic carbocycles. The number of benzene rings is 1. The Morgan fingerprint density at radius 3 is 2.09 bits per heavy atom. The van der Waals surface area contributed by atoms with E-state index in [-0.39, 0.29) is 5.97 Å². The summed E-state index contributed by atoms with van der Waals surface area (Å²) in [5.41, 5.74) is 1.19. The molecule has 2 fully saturated rings. The molecule has 4 rings (SSSR count). The van der Waals surface area contributed by atoms with Crippen molar-refractivity contribution in [2.24, 2.45) is 0 Å². The minimum Gasteiger partial charge on any atom is -0.508 e. The lowest BCUT2D eigenvalue weighted by molar-refractivity contribution is -0.140. The van der Waals surface area contributed by atoms with E-state index in [9.17, 15) is 9.90 Å². The number of aromatic hydroxyl groups is 1. The number of anilines is 1. The number of carbonyl (C=O) groups excluding carboxylic acids is 1. The van der Waals surface area contributed by atoms with Crippen LogP contribution >= 0.6 is 23.3 Å². The zero-order valence-electron chi connectivity index (χ0n) is 21.2. The smallest absolute Gasteiger partial charge is 0.302 e. The van der Waals surface area contributed by atoms with Crippen LogP contribution in [0.25, 0.3) is 0 Å². The van der Waals surface area contributed by atoms with Crippen LogP contribution in [0.15, 0.2) is 46.0 Å². The SMILES string of the molecule is CC.CCOC(C)=O.CN1CCOCC1.Oc1ccc(N2CCN(Sc3cccs3)CC2)cc1. The Morgan fingerprint density at radius 1 is 1.06 bits per heavy atom. The number of thiophene rings is 1. The summed E-state index contributed by atoms with van der Waals surface area (Å²) < 4.78 is 13.3. The summed E-state index contributed by atoms with van der Waals surface area (Å²) in [7, 11) is 2.11. The second kappa shape index (κ2) is 18.5.